The molecule has 0 aliphatic carbocycles. The lowest BCUT2D eigenvalue weighted by Gasteiger charge is -2.32. The molecule has 0 atom stereocenters. The van der Waals surface area contributed by atoms with Crippen LogP contribution < -0.4 is 11.1 Å². The predicted octanol–water partition coefficient (Wildman–Crippen LogP) is 2.57. The molecule has 1 aliphatic heterocycles. The van der Waals surface area contributed by atoms with Gasteiger partial charge in [0, 0.05) is 42.7 Å². The number of nitrogens with zero attached hydrogens (tertiary/aromatic N) is 3. The number of benzene rings is 1. The number of H-pyrrole nitrogens is 1. The number of amides is 1. The molecule has 3 aromatic rings. The van der Waals surface area contributed by atoms with Gasteiger partial charge in [0.1, 0.15) is 5.69 Å². The number of piperidine rings is 1. The van der Waals surface area contributed by atoms with Crippen LogP contribution in [0.4, 0.5) is 8.78 Å². The van der Waals surface area contributed by atoms with Gasteiger partial charge in [-0.3, -0.25) is 19.0 Å². The summed E-state index contributed by atoms with van der Waals surface area (Å²) in [6.45, 7) is 1.34. The summed E-state index contributed by atoms with van der Waals surface area (Å²) in [6, 6.07) is 9.35. The highest BCUT2D eigenvalue weighted by Crippen LogP contribution is 2.23. The van der Waals surface area contributed by atoms with E-state index in [9.17, 15) is 23.2 Å². The number of aromatic amines is 1. The fourth-order valence-electron chi connectivity index (χ4n) is 3.85. The van der Waals surface area contributed by atoms with Gasteiger partial charge in [-0.25, -0.2) is 13.8 Å². The van der Waals surface area contributed by atoms with Crippen LogP contribution in [0.15, 0.2) is 52.3 Å². The lowest BCUT2D eigenvalue weighted by molar-refractivity contribution is 0.0684. The molecular weight excluding hydrogens is 394 g/mol. The fraction of sp³-hybridized carbons (Fsp3) is 0.333. The van der Waals surface area contributed by atoms with E-state index in [1.165, 1.54) is 10.6 Å². The maximum Gasteiger partial charge on any atom is 0.280 e. The highest BCUT2D eigenvalue weighted by atomic mass is 19.3. The Morgan fingerprint density at radius 3 is 2.60 bits per heavy atom. The number of rotatable bonds is 4. The van der Waals surface area contributed by atoms with Crippen molar-refractivity contribution in [2.45, 2.75) is 25.8 Å². The highest BCUT2D eigenvalue weighted by molar-refractivity contribution is 6.05. The number of carbonyl (C=O) groups excluding carboxylic acids is 1. The van der Waals surface area contributed by atoms with Crippen LogP contribution in [0.25, 0.3) is 10.9 Å². The zero-order chi connectivity index (χ0) is 21.3. The number of halogens is 2. The van der Waals surface area contributed by atoms with Crippen molar-refractivity contribution in [3.8, 4) is 0 Å². The van der Waals surface area contributed by atoms with Gasteiger partial charge < -0.3 is 9.88 Å². The maximum absolute atomic E-state index is 13.0. The van der Waals surface area contributed by atoms with Crippen LogP contribution >= 0.6 is 0 Å². The molecule has 1 aliphatic rings. The zero-order valence-electron chi connectivity index (χ0n) is 16.1. The summed E-state index contributed by atoms with van der Waals surface area (Å²) in [5.41, 5.74) is -0.375. The SMILES string of the molecule is O=C(c1cc(=O)[nH]c2ccccc12)N1CCC(Cn2cnc(C(F)F)cc2=O)CC1. The molecule has 0 unspecified atom stereocenters. The fourth-order valence-corrected chi connectivity index (χ4v) is 3.85. The lowest BCUT2D eigenvalue weighted by atomic mass is 9.96. The molecule has 3 heterocycles. The summed E-state index contributed by atoms with van der Waals surface area (Å²) in [4.78, 5) is 45.1. The first-order chi connectivity index (χ1) is 14.4. The Labute approximate surface area is 170 Å². The number of carbonyl (C=O) groups is 1. The van der Waals surface area contributed by atoms with Crippen LogP contribution in [0.3, 0.4) is 0 Å². The van der Waals surface area contributed by atoms with E-state index in [0.717, 1.165) is 12.4 Å². The van der Waals surface area contributed by atoms with Crippen molar-refractivity contribution in [2.75, 3.05) is 13.1 Å². The summed E-state index contributed by atoms with van der Waals surface area (Å²) in [5.74, 6) is -0.0715. The number of hydrogen-bond acceptors (Lipinski definition) is 4. The van der Waals surface area contributed by atoms with Crippen molar-refractivity contribution in [1.82, 2.24) is 19.4 Å². The van der Waals surface area contributed by atoms with Crippen molar-refractivity contribution >= 4 is 16.8 Å². The van der Waals surface area contributed by atoms with Crippen molar-refractivity contribution in [2.24, 2.45) is 5.92 Å². The second kappa shape index (κ2) is 8.17. The average Bonchev–Trinajstić information content (AvgIpc) is 2.74. The molecule has 0 bridgehead atoms. The Balaban J connectivity index is 1.45. The molecule has 30 heavy (non-hydrogen) atoms. The number of para-hydroxylation sites is 1. The van der Waals surface area contributed by atoms with E-state index in [2.05, 4.69) is 9.97 Å². The van der Waals surface area contributed by atoms with E-state index in [-0.39, 0.29) is 17.4 Å². The van der Waals surface area contributed by atoms with Crippen LogP contribution in [0.5, 0.6) is 0 Å². The Morgan fingerprint density at radius 1 is 1.17 bits per heavy atom. The highest BCUT2D eigenvalue weighted by Gasteiger charge is 2.25. The Hall–Kier alpha value is -3.36. The van der Waals surface area contributed by atoms with Crippen LogP contribution in [0.1, 0.15) is 35.3 Å². The number of likely N-dealkylation sites (tertiary alicyclic amines) is 1. The number of fused-ring (bicyclic) bond motifs is 1. The topological polar surface area (TPSA) is 88.1 Å². The molecule has 2 aromatic heterocycles. The largest absolute Gasteiger partial charge is 0.339 e. The monoisotopic (exact) mass is 414 g/mol. The summed E-state index contributed by atoms with van der Waals surface area (Å²) >= 11 is 0. The van der Waals surface area contributed by atoms with E-state index >= 15 is 0 Å². The zero-order valence-corrected chi connectivity index (χ0v) is 16.1. The Bertz CT molecular complexity index is 1200. The van der Waals surface area contributed by atoms with E-state index < -0.39 is 17.7 Å². The van der Waals surface area contributed by atoms with Crippen LogP contribution in [0, 0.1) is 5.92 Å². The summed E-state index contributed by atoms with van der Waals surface area (Å²) < 4.78 is 26.6. The van der Waals surface area contributed by atoms with Gasteiger partial charge in [0.2, 0.25) is 5.56 Å². The van der Waals surface area contributed by atoms with E-state index in [1.807, 2.05) is 6.07 Å². The van der Waals surface area contributed by atoms with Crippen molar-refractivity contribution in [3.63, 3.8) is 0 Å². The minimum Gasteiger partial charge on any atom is -0.339 e. The number of aromatic nitrogens is 3. The van der Waals surface area contributed by atoms with Crippen LogP contribution in [-0.2, 0) is 6.54 Å². The maximum atomic E-state index is 13.0. The third-order valence-electron chi connectivity index (χ3n) is 5.46. The minimum absolute atomic E-state index is 0.127. The van der Waals surface area contributed by atoms with Gasteiger partial charge in [-0.1, -0.05) is 18.2 Å². The second-order valence-corrected chi connectivity index (χ2v) is 7.43. The van der Waals surface area contributed by atoms with Gasteiger partial charge in [-0.05, 0) is 24.8 Å². The third kappa shape index (κ3) is 4.00. The molecule has 1 N–H and O–H groups in total. The molecule has 1 amide bonds. The smallest absolute Gasteiger partial charge is 0.280 e. The summed E-state index contributed by atoms with van der Waals surface area (Å²) in [6.07, 6.45) is -0.293. The van der Waals surface area contributed by atoms with Gasteiger partial charge in [-0.15, -0.1) is 0 Å². The molecule has 156 valence electrons. The number of alkyl halides is 2. The average molecular weight is 414 g/mol. The summed E-state index contributed by atoms with van der Waals surface area (Å²) in [7, 11) is 0. The molecule has 4 rings (SSSR count). The first-order valence-electron chi connectivity index (χ1n) is 9.68. The van der Waals surface area contributed by atoms with E-state index in [4.69, 9.17) is 0 Å². The van der Waals surface area contributed by atoms with E-state index in [1.54, 1.807) is 23.1 Å². The molecule has 7 nitrogen and oxygen atoms in total. The van der Waals surface area contributed by atoms with Crippen molar-refractivity contribution in [3.05, 3.63) is 74.7 Å². The van der Waals surface area contributed by atoms with Crippen molar-refractivity contribution < 1.29 is 13.6 Å². The first-order valence-corrected chi connectivity index (χ1v) is 9.68. The van der Waals surface area contributed by atoms with Crippen LogP contribution in [0.2, 0.25) is 0 Å². The standard InChI is InChI=1S/C21H20F2N4O3/c22-20(23)17-10-19(29)27(12-24-17)11-13-5-7-26(8-6-13)21(30)15-9-18(28)25-16-4-2-1-3-14(15)16/h1-4,9-10,12-13,20H,5-8,11H2,(H,25,28). The predicted molar refractivity (Wildman–Crippen MR) is 107 cm³/mol. The normalized spacial score (nSPS) is 15.1. The van der Waals surface area contributed by atoms with E-state index in [0.29, 0.717) is 48.9 Å². The number of pyridine rings is 1. The molecule has 0 spiro atoms. The third-order valence-corrected chi connectivity index (χ3v) is 5.46. The Kier molecular flexibility index (Phi) is 5.43. The number of hydrogen-bond donors (Lipinski definition) is 1. The van der Waals surface area contributed by atoms with Gasteiger partial charge in [0.05, 0.1) is 11.9 Å². The Morgan fingerprint density at radius 2 is 1.90 bits per heavy atom. The van der Waals surface area contributed by atoms with Gasteiger partial charge in [-0.2, -0.15) is 0 Å². The second-order valence-electron chi connectivity index (χ2n) is 7.43. The minimum atomic E-state index is -2.78. The lowest BCUT2D eigenvalue weighted by Crippen LogP contribution is -2.40. The quantitative estimate of drug-likeness (QED) is 0.711. The molecular formula is C21H20F2N4O3. The summed E-state index contributed by atoms with van der Waals surface area (Å²) in [5, 5.41) is 0.695. The molecule has 0 saturated carbocycles. The van der Waals surface area contributed by atoms with Gasteiger partial charge >= 0.3 is 0 Å². The van der Waals surface area contributed by atoms with Gasteiger partial charge in [0.15, 0.2) is 0 Å². The molecule has 1 aromatic carbocycles. The van der Waals surface area contributed by atoms with Crippen LogP contribution in [-0.4, -0.2) is 38.4 Å². The molecule has 1 fully saturated rings. The first kappa shape index (κ1) is 19.9. The van der Waals surface area contributed by atoms with Crippen molar-refractivity contribution in [1.29, 1.82) is 0 Å². The number of nitrogens with one attached hydrogen (secondary N) is 1. The molecule has 0 radical (unpaired) electrons. The molecule has 9 heteroatoms. The van der Waals surface area contributed by atoms with Gasteiger partial charge in [0.25, 0.3) is 17.9 Å². The molecule has 1 saturated heterocycles.